The van der Waals surface area contributed by atoms with Crippen LogP contribution in [0.5, 0.6) is 5.75 Å². The molecule has 0 N–H and O–H groups in total. The van der Waals surface area contributed by atoms with Gasteiger partial charge in [0.2, 0.25) is 6.08 Å². The number of ether oxygens (including phenoxy) is 1. The van der Waals surface area contributed by atoms with Crippen molar-refractivity contribution in [1.29, 1.82) is 0 Å². The number of benzene rings is 1. The number of aliphatic imine (C=N–C) groups is 1. The van der Waals surface area contributed by atoms with E-state index in [-0.39, 0.29) is 6.10 Å². The van der Waals surface area contributed by atoms with Crippen LogP contribution in [0.25, 0.3) is 0 Å². The summed E-state index contributed by atoms with van der Waals surface area (Å²) in [4.78, 5) is 13.6. The zero-order valence-corrected chi connectivity index (χ0v) is 8.71. The minimum absolute atomic E-state index is 0.0181. The van der Waals surface area contributed by atoms with Gasteiger partial charge in [0.1, 0.15) is 5.69 Å². The molecule has 0 unspecified atom stereocenters. The van der Waals surface area contributed by atoms with Gasteiger partial charge >= 0.3 is 0 Å². The normalized spacial score (nSPS) is 9.71. The van der Waals surface area contributed by atoms with E-state index in [0.29, 0.717) is 16.5 Å². The van der Waals surface area contributed by atoms with Crippen LogP contribution in [0.2, 0.25) is 5.02 Å². The average Bonchev–Trinajstić information content (AvgIpc) is 2.11. The molecule has 0 bridgehead atoms. The summed E-state index contributed by atoms with van der Waals surface area (Å²) in [7, 11) is 0. The molecule has 74 valence electrons. The second-order valence-electron chi connectivity index (χ2n) is 2.96. The van der Waals surface area contributed by atoms with Crippen LogP contribution in [0, 0.1) is 0 Å². The van der Waals surface area contributed by atoms with Gasteiger partial charge in [-0.25, -0.2) is 4.79 Å². The lowest BCUT2D eigenvalue weighted by atomic mass is 10.3. The Labute approximate surface area is 87.4 Å². The minimum Gasteiger partial charge on any atom is -0.487 e. The van der Waals surface area contributed by atoms with E-state index in [1.807, 2.05) is 13.8 Å². The van der Waals surface area contributed by atoms with Gasteiger partial charge in [0.25, 0.3) is 0 Å². The molecule has 0 saturated carbocycles. The van der Waals surface area contributed by atoms with Crippen LogP contribution in [-0.4, -0.2) is 12.2 Å². The smallest absolute Gasteiger partial charge is 0.240 e. The predicted molar refractivity (Wildman–Crippen MR) is 55.0 cm³/mol. The second-order valence-corrected chi connectivity index (χ2v) is 3.36. The molecule has 14 heavy (non-hydrogen) atoms. The number of isocyanates is 1. The zero-order valence-electron chi connectivity index (χ0n) is 7.95. The van der Waals surface area contributed by atoms with E-state index in [0.717, 1.165) is 0 Å². The molecular weight excluding hydrogens is 202 g/mol. The van der Waals surface area contributed by atoms with Gasteiger partial charge in [0.15, 0.2) is 5.75 Å². The Morgan fingerprint density at radius 1 is 1.50 bits per heavy atom. The van der Waals surface area contributed by atoms with Gasteiger partial charge in [0.05, 0.1) is 11.1 Å². The van der Waals surface area contributed by atoms with E-state index in [4.69, 9.17) is 16.3 Å². The summed E-state index contributed by atoms with van der Waals surface area (Å²) in [6.07, 6.45) is 1.44. The van der Waals surface area contributed by atoms with Gasteiger partial charge < -0.3 is 4.74 Å². The number of hydrogen-bond donors (Lipinski definition) is 0. The molecule has 0 spiro atoms. The third-order valence-electron chi connectivity index (χ3n) is 1.47. The first-order chi connectivity index (χ1) is 6.65. The lowest BCUT2D eigenvalue weighted by molar-refractivity contribution is 0.243. The first-order valence-electron chi connectivity index (χ1n) is 4.18. The van der Waals surface area contributed by atoms with Crippen LogP contribution in [0.1, 0.15) is 13.8 Å². The Hall–Kier alpha value is -1.31. The van der Waals surface area contributed by atoms with E-state index in [9.17, 15) is 4.79 Å². The third kappa shape index (κ3) is 2.59. The summed E-state index contributed by atoms with van der Waals surface area (Å²) in [5.41, 5.74) is 0.404. The highest BCUT2D eigenvalue weighted by atomic mass is 35.5. The first-order valence-corrected chi connectivity index (χ1v) is 4.56. The highest BCUT2D eigenvalue weighted by Crippen LogP contribution is 2.35. The molecule has 1 aromatic rings. The van der Waals surface area contributed by atoms with Crippen molar-refractivity contribution < 1.29 is 9.53 Å². The van der Waals surface area contributed by atoms with Crippen molar-refractivity contribution in [2.24, 2.45) is 4.99 Å². The molecule has 0 radical (unpaired) electrons. The summed E-state index contributed by atoms with van der Waals surface area (Å²) >= 11 is 5.89. The summed E-state index contributed by atoms with van der Waals surface area (Å²) in [5, 5.41) is 0.440. The van der Waals surface area contributed by atoms with Crippen LogP contribution in [-0.2, 0) is 4.79 Å². The van der Waals surface area contributed by atoms with Crippen molar-refractivity contribution in [1.82, 2.24) is 0 Å². The Morgan fingerprint density at radius 2 is 2.21 bits per heavy atom. The Balaban J connectivity index is 3.14. The fraction of sp³-hybridized carbons (Fsp3) is 0.300. The summed E-state index contributed by atoms with van der Waals surface area (Å²) in [5.74, 6) is 0.424. The van der Waals surface area contributed by atoms with Crippen molar-refractivity contribution in [2.75, 3.05) is 0 Å². The van der Waals surface area contributed by atoms with E-state index in [1.54, 1.807) is 18.2 Å². The monoisotopic (exact) mass is 211 g/mol. The van der Waals surface area contributed by atoms with Gasteiger partial charge in [-0.1, -0.05) is 17.7 Å². The highest BCUT2D eigenvalue weighted by Gasteiger charge is 2.09. The maximum atomic E-state index is 10.1. The predicted octanol–water partition coefficient (Wildman–Crippen LogP) is 3.09. The largest absolute Gasteiger partial charge is 0.487 e. The summed E-state index contributed by atoms with van der Waals surface area (Å²) in [6, 6.07) is 5.03. The molecule has 1 aromatic carbocycles. The molecule has 4 heteroatoms. The van der Waals surface area contributed by atoms with Crippen molar-refractivity contribution in [2.45, 2.75) is 20.0 Å². The third-order valence-corrected chi connectivity index (χ3v) is 1.76. The Morgan fingerprint density at radius 3 is 2.79 bits per heavy atom. The van der Waals surface area contributed by atoms with Gasteiger partial charge in [0, 0.05) is 0 Å². The summed E-state index contributed by atoms with van der Waals surface area (Å²) < 4.78 is 5.42. The van der Waals surface area contributed by atoms with Crippen molar-refractivity contribution in [3.05, 3.63) is 23.2 Å². The zero-order chi connectivity index (χ0) is 10.6. The molecule has 0 heterocycles. The molecule has 0 fully saturated rings. The number of para-hydroxylation sites is 1. The minimum atomic E-state index is -0.0181. The Bertz CT molecular complexity index is 370. The molecule has 0 amide bonds. The van der Waals surface area contributed by atoms with Crippen LogP contribution < -0.4 is 4.74 Å². The second kappa shape index (κ2) is 4.80. The standard InChI is InChI=1S/C10H10ClNO2/c1-7(2)14-10-8(11)4-3-5-9(10)12-6-13/h3-5,7H,1-2H3. The first kappa shape index (κ1) is 10.8. The molecule has 0 aliphatic carbocycles. The van der Waals surface area contributed by atoms with Gasteiger partial charge in [-0.15, -0.1) is 0 Å². The molecule has 0 atom stereocenters. The molecular formula is C10H10ClNO2. The van der Waals surface area contributed by atoms with Crippen LogP contribution in [0.15, 0.2) is 23.2 Å². The number of carbonyl (C=O) groups excluding carboxylic acids is 1. The Kier molecular flexibility index (Phi) is 3.69. The van der Waals surface area contributed by atoms with E-state index < -0.39 is 0 Å². The van der Waals surface area contributed by atoms with Gasteiger partial charge in [-0.05, 0) is 26.0 Å². The van der Waals surface area contributed by atoms with Gasteiger partial charge in [-0.2, -0.15) is 4.99 Å². The maximum absolute atomic E-state index is 10.1. The van der Waals surface area contributed by atoms with Crippen molar-refractivity contribution in [3.8, 4) is 5.75 Å². The molecule has 0 aromatic heterocycles. The van der Waals surface area contributed by atoms with E-state index in [2.05, 4.69) is 4.99 Å². The van der Waals surface area contributed by atoms with Crippen LogP contribution >= 0.6 is 11.6 Å². The van der Waals surface area contributed by atoms with E-state index >= 15 is 0 Å². The number of hydrogen-bond acceptors (Lipinski definition) is 3. The lowest BCUT2D eigenvalue weighted by Crippen LogP contribution is -2.05. The van der Waals surface area contributed by atoms with Crippen LogP contribution in [0.4, 0.5) is 5.69 Å². The molecule has 0 aliphatic rings. The fourth-order valence-corrected chi connectivity index (χ4v) is 1.20. The number of rotatable bonds is 3. The molecule has 3 nitrogen and oxygen atoms in total. The fourth-order valence-electron chi connectivity index (χ4n) is 0.987. The van der Waals surface area contributed by atoms with Crippen molar-refractivity contribution >= 4 is 23.4 Å². The maximum Gasteiger partial charge on any atom is 0.240 e. The molecule has 1 rings (SSSR count). The summed E-state index contributed by atoms with van der Waals surface area (Å²) in [6.45, 7) is 3.75. The quantitative estimate of drug-likeness (QED) is 0.569. The molecule has 0 aliphatic heterocycles. The molecule has 0 saturated heterocycles. The highest BCUT2D eigenvalue weighted by molar-refractivity contribution is 6.32. The van der Waals surface area contributed by atoms with Crippen LogP contribution in [0.3, 0.4) is 0 Å². The van der Waals surface area contributed by atoms with Gasteiger partial charge in [-0.3, -0.25) is 0 Å². The lowest BCUT2D eigenvalue weighted by Gasteiger charge is -2.12. The SMILES string of the molecule is CC(C)Oc1c(Cl)cccc1N=C=O. The number of halogens is 1. The number of nitrogens with zero attached hydrogens (tertiary/aromatic N) is 1. The van der Waals surface area contributed by atoms with Crippen molar-refractivity contribution in [3.63, 3.8) is 0 Å². The average molecular weight is 212 g/mol. The van der Waals surface area contributed by atoms with E-state index in [1.165, 1.54) is 6.08 Å². The topological polar surface area (TPSA) is 38.7 Å².